The Kier molecular flexibility index (Phi) is 3.49. The fraction of sp³-hybridized carbons (Fsp3) is 0.333. The van der Waals surface area contributed by atoms with Crippen LogP contribution >= 0.6 is 11.5 Å². The van der Waals surface area contributed by atoms with Crippen LogP contribution in [0.2, 0.25) is 0 Å². The third-order valence-corrected chi connectivity index (χ3v) is 3.81. The predicted molar refractivity (Wildman–Crippen MR) is 68.8 cm³/mol. The average molecular weight is 267 g/mol. The van der Waals surface area contributed by atoms with E-state index in [1.54, 1.807) is 18.2 Å². The van der Waals surface area contributed by atoms with Crippen LogP contribution < -0.4 is 5.56 Å². The highest BCUT2D eigenvalue weighted by atomic mass is 32.1. The third-order valence-electron chi connectivity index (χ3n) is 2.67. The molecule has 5 nitrogen and oxygen atoms in total. The quantitative estimate of drug-likeness (QED) is 0.847. The number of carbonyl (C=O) groups excluding carboxylic acids is 1. The van der Waals surface area contributed by atoms with E-state index in [9.17, 15) is 14.7 Å². The average Bonchev–Trinajstić information content (AvgIpc) is 2.67. The van der Waals surface area contributed by atoms with Crippen molar-refractivity contribution in [3.63, 3.8) is 0 Å². The number of aliphatic hydroxyl groups excluding tert-OH is 1. The van der Waals surface area contributed by atoms with Gasteiger partial charge in [-0.25, -0.2) is 8.75 Å². The molecule has 0 radical (unpaired) electrons. The van der Waals surface area contributed by atoms with E-state index in [2.05, 4.69) is 4.74 Å². The topological polar surface area (TPSA) is 68.5 Å². The van der Waals surface area contributed by atoms with Gasteiger partial charge in [-0.15, -0.1) is 0 Å². The SMILES string of the molecule is COC(=O)[C@H]([C@@H](C)O)n1sc2ccccc2c1=O. The Labute approximate surface area is 107 Å². The van der Waals surface area contributed by atoms with Gasteiger partial charge >= 0.3 is 5.97 Å². The Balaban J connectivity index is 2.61. The maximum Gasteiger partial charge on any atom is 0.332 e. The zero-order chi connectivity index (χ0) is 13.3. The Morgan fingerprint density at radius 2 is 2.11 bits per heavy atom. The first-order chi connectivity index (χ1) is 8.56. The smallest absolute Gasteiger partial charge is 0.332 e. The number of hydrogen-bond acceptors (Lipinski definition) is 5. The lowest BCUT2D eigenvalue weighted by Gasteiger charge is -2.17. The summed E-state index contributed by atoms with van der Waals surface area (Å²) in [7, 11) is 1.23. The van der Waals surface area contributed by atoms with Crippen molar-refractivity contribution in [1.29, 1.82) is 0 Å². The first kappa shape index (κ1) is 12.8. The molecule has 2 atom stereocenters. The molecule has 96 valence electrons. The number of esters is 1. The van der Waals surface area contributed by atoms with Gasteiger partial charge in [0.05, 0.1) is 23.3 Å². The Morgan fingerprint density at radius 1 is 1.44 bits per heavy atom. The number of hydrogen-bond donors (Lipinski definition) is 1. The van der Waals surface area contributed by atoms with E-state index in [0.717, 1.165) is 16.2 Å². The number of fused-ring (bicyclic) bond motifs is 1. The maximum absolute atomic E-state index is 12.1. The van der Waals surface area contributed by atoms with Gasteiger partial charge in [0.1, 0.15) is 0 Å². The van der Waals surface area contributed by atoms with Gasteiger partial charge in [0.25, 0.3) is 5.56 Å². The molecule has 0 aliphatic rings. The summed E-state index contributed by atoms with van der Waals surface area (Å²) in [5, 5.41) is 10.2. The molecule has 0 aliphatic heterocycles. The number of carbonyl (C=O) groups is 1. The number of methoxy groups -OCH3 is 1. The molecule has 1 aromatic carbocycles. The minimum absolute atomic E-state index is 0.285. The highest BCUT2D eigenvalue weighted by Gasteiger charge is 2.29. The van der Waals surface area contributed by atoms with Gasteiger partial charge in [-0.3, -0.25) is 4.79 Å². The molecular weight excluding hydrogens is 254 g/mol. The lowest BCUT2D eigenvalue weighted by molar-refractivity contribution is -0.147. The molecule has 0 aliphatic carbocycles. The Hall–Kier alpha value is -1.66. The van der Waals surface area contributed by atoms with Gasteiger partial charge in [-0.2, -0.15) is 0 Å². The van der Waals surface area contributed by atoms with Crippen LogP contribution in [0.4, 0.5) is 0 Å². The van der Waals surface area contributed by atoms with Crippen molar-refractivity contribution >= 4 is 27.6 Å². The standard InChI is InChI=1S/C12H13NO4S/c1-7(14)10(12(16)17-2)13-11(15)8-5-3-4-6-9(8)18-13/h3-7,10,14H,1-2H3/t7-,10+/m1/s1. The number of rotatable bonds is 3. The molecule has 0 unspecified atom stereocenters. The largest absolute Gasteiger partial charge is 0.467 e. The van der Waals surface area contributed by atoms with Crippen molar-refractivity contribution in [3.8, 4) is 0 Å². The van der Waals surface area contributed by atoms with E-state index in [-0.39, 0.29) is 5.56 Å². The zero-order valence-corrected chi connectivity index (χ0v) is 10.8. The molecule has 0 bridgehead atoms. The summed E-state index contributed by atoms with van der Waals surface area (Å²) >= 11 is 1.15. The summed E-state index contributed by atoms with van der Waals surface area (Å²) in [5.41, 5.74) is -0.285. The number of nitrogens with zero attached hydrogens (tertiary/aromatic N) is 1. The lowest BCUT2D eigenvalue weighted by Crippen LogP contribution is -2.34. The van der Waals surface area contributed by atoms with Crippen LogP contribution in [0.3, 0.4) is 0 Å². The van der Waals surface area contributed by atoms with E-state index in [4.69, 9.17) is 0 Å². The van der Waals surface area contributed by atoms with Crippen LogP contribution in [0.15, 0.2) is 29.1 Å². The van der Waals surface area contributed by atoms with E-state index in [0.29, 0.717) is 5.39 Å². The Morgan fingerprint density at radius 3 is 2.67 bits per heavy atom. The molecule has 0 saturated carbocycles. The molecule has 18 heavy (non-hydrogen) atoms. The minimum atomic E-state index is -1.00. The second-order valence-corrected chi connectivity index (χ2v) is 4.94. The fourth-order valence-electron chi connectivity index (χ4n) is 1.78. The van der Waals surface area contributed by atoms with E-state index >= 15 is 0 Å². The summed E-state index contributed by atoms with van der Waals surface area (Å²) in [6.07, 6.45) is -0.997. The number of ether oxygens (including phenoxy) is 1. The zero-order valence-electron chi connectivity index (χ0n) is 9.99. The molecule has 2 aromatic rings. The van der Waals surface area contributed by atoms with Crippen molar-refractivity contribution in [2.75, 3.05) is 7.11 Å². The predicted octanol–water partition coefficient (Wildman–Crippen LogP) is 1.16. The molecule has 1 N–H and O–H groups in total. The van der Waals surface area contributed by atoms with E-state index < -0.39 is 18.1 Å². The van der Waals surface area contributed by atoms with Gasteiger partial charge in [0, 0.05) is 0 Å². The molecule has 2 rings (SSSR count). The van der Waals surface area contributed by atoms with Crippen LogP contribution in [-0.4, -0.2) is 28.2 Å². The fourth-order valence-corrected chi connectivity index (χ4v) is 2.94. The molecule has 1 aromatic heterocycles. The molecular formula is C12H13NO4S. The molecule has 6 heteroatoms. The van der Waals surface area contributed by atoms with Crippen LogP contribution in [-0.2, 0) is 9.53 Å². The van der Waals surface area contributed by atoms with Crippen molar-refractivity contribution in [1.82, 2.24) is 3.96 Å². The van der Waals surface area contributed by atoms with Crippen molar-refractivity contribution in [3.05, 3.63) is 34.6 Å². The molecule has 0 saturated heterocycles. The summed E-state index contributed by atoms with van der Waals surface area (Å²) in [5.74, 6) is -0.626. The normalized spacial score (nSPS) is 14.4. The highest BCUT2D eigenvalue weighted by Crippen LogP contribution is 2.22. The van der Waals surface area contributed by atoms with Crippen LogP contribution in [0.5, 0.6) is 0 Å². The number of aliphatic hydroxyl groups is 1. The first-order valence-corrected chi connectivity index (χ1v) is 6.20. The minimum Gasteiger partial charge on any atom is -0.467 e. The maximum atomic E-state index is 12.1. The van der Waals surface area contributed by atoms with E-state index in [1.165, 1.54) is 18.0 Å². The lowest BCUT2D eigenvalue weighted by atomic mass is 10.2. The monoisotopic (exact) mass is 267 g/mol. The van der Waals surface area contributed by atoms with E-state index in [1.807, 2.05) is 6.07 Å². The molecule has 0 fully saturated rings. The van der Waals surface area contributed by atoms with Crippen molar-refractivity contribution in [2.45, 2.75) is 19.1 Å². The number of benzene rings is 1. The highest BCUT2D eigenvalue weighted by molar-refractivity contribution is 7.14. The van der Waals surface area contributed by atoms with Gasteiger partial charge in [0.2, 0.25) is 0 Å². The van der Waals surface area contributed by atoms with Crippen LogP contribution in [0.25, 0.3) is 10.1 Å². The van der Waals surface area contributed by atoms with Gasteiger partial charge in [-0.1, -0.05) is 23.7 Å². The molecule has 0 amide bonds. The first-order valence-electron chi connectivity index (χ1n) is 5.42. The third kappa shape index (κ3) is 2.04. The van der Waals surface area contributed by atoms with Crippen molar-refractivity contribution in [2.24, 2.45) is 0 Å². The molecule has 1 heterocycles. The van der Waals surface area contributed by atoms with Gasteiger partial charge in [-0.05, 0) is 19.1 Å². The van der Waals surface area contributed by atoms with Gasteiger partial charge < -0.3 is 9.84 Å². The Bertz CT molecular complexity index is 628. The summed E-state index contributed by atoms with van der Waals surface area (Å²) in [6, 6.07) is 6.07. The summed E-state index contributed by atoms with van der Waals surface area (Å²) < 4.78 is 6.67. The second-order valence-electron chi connectivity index (χ2n) is 3.93. The summed E-state index contributed by atoms with van der Waals surface area (Å²) in [6.45, 7) is 1.46. The van der Waals surface area contributed by atoms with Gasteiger partial charge in [0.15, 0.2) is 6.04 Å². The van der Waals surface area contributed by atoms with Crippen LogP contribution in [0, 0.1) is 0 Å². The number of aromatic nitrogens is 1. The van der Waals surface area contributed by atoms with Crippen LogP contribution in [0.1, 0.15) is 13.0 Å². The summed E-state index contributed by atoms with van der Waals surface area (Å²) in [4.78, 5) is 23.8. The molecule has 0 spiro atoms. The van der Waals surface area contributed by atoms with Crippen molar-refractivity contribution < 1.29 is 14.6 Å². The second kappa shape index (κ2) is 4.91.